The molecule has 0 aliphatic carbocycles. The number of hydrogen-bond acceptors (Lipinski definition) is 3. The van der Waals surface area contributed by atoms with Crippen LogP contribution < -0.4 is 4.74 Å². The summed E-state index contributed by atoms with van der Waals surface area (Å²) in [6.45, 7) is 1.93. The van der Waals surface area contributed by atoms with Crippen molar-refractivity contribution < 1.29 is 14.6 Å². The molecule has 1 rings (SSSR count). The number of rotatable bonds is 3. The number of carbonyl (C=O) groups is 1. The molecule has 3 nitrogen and oxygen atoms in total. The maximum absolute atomic E-state index is 11.3. The van der Waals surface area contributed by atoms with Gasteiger partial charge in [0.15, 0.2) is 0 Å². The molecule has 4 heteroatoms. The van der Waals surface area contributed by atoms with Crippen LogP contribution in [0.15, 0.2) is 24.3 Å². The lowest BCUT2D eigenvalue weighted by molar-refractivity contribution is -0.133. The molecule has 1 N–H and O–H groups in total. The van der Waals surface area contributed by atoms with Crippen molar-refractivity contribution in [1.29, 1.82) is 0 Å². The minimum atomic E-state index is -0.251. The van der Waals surface area contributed by atoms with Crippen molar-refractivity contribution in [3.05, 3.63) is 24.3 Å². The summed E-state index contributed by atoms with van der Waals surface area (Å²) in [5.41, 5.74) is 0. The molecule has 0 spiro atoms. The highest BCUT2D eigenvalue weighted by Crippen LogP contribution is 2.18. The average Bonchev–Trinajstić information content (AvgIpc) is 2.20. The van der Waals surface area contributed by atoms with E-state index in [-0.39, 0.29) is 15.6 Å². The van der Waals surface area contributed by atoms with Crippen molar-refractivity contribution in [3.63, 3.8) is 0 Å². The summed E-state index contributed by atoms with van der Waals surface area (Å²) in [5.74, 6) is 0.369. The van der Waals surface area contributed by atoms with Gasteiger partial charge >= 0.3 is 5.97 Å². The van der Waals surface area contributed by atoms with Gasteiger partial charge < -0.3 is 9.84 Å². The Morgan fingerprint density at radius 2 is 2.07 bits per heavy atom. The molecular formula is C10H11IO3. The zero-order valence-electron chi connectivity index (χ0n) is 7.74. The second kappa shape index (κ2) is 5.19. The number of hydrogen-bond donors (Lipinski definition) is 1. The van der Waals surface area contributed by atoms with Crippen LogP contribution in [0, 0.1) is 0 Å². The van der Waals surface area contributed by atoms with E-state index in [0.29, 0.717) is 5.75 Å². The van der Waals surface area contributed by atoms with Crippen molar-refractivity contribution in [1.82, 2.24) is 0 Å². The minimum absolute atomic E-state index is 0.124. The molecule has 0 aliphatic heterocycles. The Bertz CT molecular complexity index is 308. The van der Waals surface area contributed by atoms with Gasteiger partial charge in [-0.05, 0) is 30.7 Å². The van der Waals surface area contributed by atoms with Crippen LogP contribution in [0.25, 0.3) is 0 Å². The van der Waals surface area contributed by atoms with Crippen molar-refractivity contribution in [2.24, 2.45) is 0 Å². The van der Waals surface area contributed by atoms with Crippen molar-refractivity contribution in [2.75, 3.05) is 0 Å². The number of benzene rings is 1. The van der Waals surface area contributed by atoms with Crippen LogP contribution in [0.4, 0.5) is 0 Å². The molecule has 1 aromatic carbocycles. The predicted octanol–water partition coefficient (Wildman–Crippen LogP) is 2.51. The standard InChI is InChI=1S/C10H11IO3/c1-2-9(11)10(13)14-8-5-3-7(12)4-6-8/h3-6,9,12H,2H2,1H3. The largest absolute Gasteiger partial charge is 0.508 e. The summed E-state index contributed by atoms with van der Waals surface area (Å²) in [6.07, 6.45) is 0.747. The second-order valence-electron chi connectivity index (χ2n) is 2.79. The number of esters is 1. The molecule has 0 aromatic heterocycles. The summed E-state index contributed by atoms with van der Waals surface area (Å²) < 4.78 is 4.94. The van der Waals surface area contributed by atoms with E-state index in [1.165, 1.54) is 12.1 Å². The Kier molecular flexibility index (Phi) is 4.19. The van der Waals surface area contributed by atoms with Gasteiger partial charge in [-0.25, -0.2) is 0 Å². The molecule has 0 saturated heterocycles. The Balaban J connectivity index is 2.60. The molecule has 0 bridgehead atoms. The molecule has 14 heavy (non-hydrogen) atoms. The summed E-state index contributed by atoms with van der Waals surface area (Å²) in [7, 11) is 0. The van der Waals surface area contributed by atoms with Crippen molar-refractivity contribution in [2.45, 2.75) is 17.3 Å². The normalized spacial score (nSPS) is 12.1. The lowest BCUT2D eigenvalue weighted by Gasteiger charge is -2.07. The molecular weight excluding hydrogens is 295 g/mol. The van der Waals surface area contributed by atoms with Crippen LogP contribution in [-0.2, 0) is 4.79 Å². The smallest absolute Gasteiger partial charge is 0.324 e. The first-order valence-corrected chi connectivity index (χ1v) is 5.53. The quantitative estimate of drug-likeness (QED) is 0.404. The van der Waals surface area contributed by atoms with Gasteiger partial charge in [0.1, 0.15) is 15.4 Å². The van der Waals surface area contributed by atoms with E-state index in [9.17, 15) is 4.79 Å². The number of carbonyl (C=O) groups excluding carboxylic acids is 1. The molecule has 0 aliphatic rings. The summed E-state index contributed by atoms with van der Waals surface area (Å²) in [6, 6.07) is 6.09. The molecule has 0 amide bonds. The van der Waals surface area contributed by atoms with Crippen molar-refractivity contribution in [3.8, 4) is 11.5 Å². The minimum Gasteiger partial charge on any atom is -0.508 e. The van der Waals surface area contributed by atoms with Gasteiger partial charge in [0, 0.05) is 0 Å². The molecule has 1 aromatic rings. The lowest BCUT2D eigenvalue weighted by Crippen LogP contribution is -2.19. The molecule has 76 valence electrons. The van der Waals surface area contributed by atoms with Gasteiger partial charge in [0.05, 0.1) is 0 Å². The van der Waals surface area contributed by atoms with E-state index in [1.807, 2.05) is 29.5 Å². The fourth-order valence-corrected chi connectivity index (χ4v) is 0.988. The maximum Gasteiger partial charge on any atom is 0.324 e. The molecule has 1 atom stereocenters. The van der Waals surface area contributed by atoms with Gasteiger partial charge in [0.2, 0.25) is 0 Å². The average molecular weight is 306 g/mol. The number of phenolic OH excluding ortho intramolecular Hbond substituents is 1. The predicted molar refractivity (Wildman–Crippen MR) is 61.8 cm³/mol. The van der Waals surface area contributed by atoms with Gasteiger partial charge in [0.25, 0.3) is 0 Å². The first kappa shape index (κ1) is 11.3. The zero-order valence-corrected chi connectivity index (χ0v) is 9.89. The van der Waals surface area contributed by atoms with E-state index >= 15 is 0 Å². The Morgan fingerprint density at radius 3 is 2.57 bits per heavy atom. The maximum atomic E-state index is 11.3. The van der Waals surface area contributed by atoms with E-state index in [1.54, 1.807) is 12.1 Å². The van der Waals surface area contributed by atoms with E-state index in [4.69, 9.17) is 9.84 Å². The summed E-state index contributed by atoms with van der Waals surface area (Å²) in [5, 5.41) is 9.00. The second-order valence-corrected chi connectivity index (χ2v) is 4.29. The lowest BCUT2D eigenvalue weighted by atomic mass is 10.3. The van der Waals surface area contributed by atoms with Gasteiger partial charge in [-0.3, -0.25) is 4.79 Å². The fourth-order valence-electron chi connectivity index (χ4n) is 0.861. The highest BCUT2D eigenvalue weighted by molar-refractivity contribution is 14.1. The Morgan fingerprint density at radius 1 is 1.50 bits per heavy atom. The number of aromatic hydroxyl groups is 1. The van der Waals surface area contributed by atoms with Crippen LogP contribution in [0.1, 0.15) is 13.3 Å². The number of ether oxygens (including phenoxy) is 1. The van der Waals surface area contributed by atoms with Gasteiger partial charge in [-0.1, -0.05) is 29.5 Å². The highest BCUT2D eigenvalue weighted by atomic mass is 127. The third kappa shape index (κ3) is 3.17. The van der Waals surface area contributed by atoms with Gasteiger partial charge in [-0.2, -0.15) is 0 Å². The van der Waals surface area contributed by atoms with Gasteiger partial charge in [-0.15, -0.1) is 0 Å². The van der Waals surface area contributed by atoms with Crippen LogP contribution in [-0.4, -0.2) is 15.0 Å². The van der Waals surface area contributed by atoms with Crippen LogP contribution in [0.2, 0.25) is 0 Å². The third-order valence-corrected chi connectivity index (χ3v) is 3.06. The number of alkyl halides is 1. The molecule has 0 fully saturated rings. The summed E-state index contributed by atoms with van der Waals surface area (Å²) >= 11 is 2.04. The Labute approximate surface area is 96.2 Å². The van der Waals surface area contributed by atoms with E-state index in [2.05, 4.69) is 0 Å². The molecule has 0 heterocycles. The van der Waals surface area contributed by atoms with Crippen molar-refractivity contribution >= 4 is 28.6 Å². The first-order chi connectivity index (χ1) is 6.63. The Hall–Kier alpha value is -0.780. The number of phenols is 1. The SMILES string of the molecule is CCC(I)C(=O)Oc1ccc(O)cc1. The highest BCUT2D eigenvalue weighted by Gasteiger charge is 2.14. The zero-order chi connectivity index (χ0) is 10.6. The van der Waals surface area contributed by atoms with Crippen LogP contribution in [0.5, 0.6) is 11.5 Å². The number of halogens is 1. The summed E-state index contributed by atoms with van der Waals surface area (Å²) in [4.78, 5) is 11.3. The molecule has 0 saturated carbocycles. The third-order valence-electron chi connectivity index (χ3n) is 1.67. The van der Waals surface area contributed by atoms with E-state index < -0.39 is 0 Å². The monoisotopic (exact) mass is 306 g/mol. The van der Waals surface area contributed by atoms with Crippen LogP contribution in [0.3, 0.4) is 0 Å². The topological polar surface area (TPSA) is 46.5 Å². The molecule has 0 radical (unpaired) electrons. The molecule has 1 unspecified atom stereocenters. The van der Waals surface area contributed by atoms with Crippen LogP contribution >= 0.6 is 22.6 Å². The van der Waals surface area contributed by atoms with E-state index in [0.717, 1.165) is 6.42 Å². The first-order valence-electron chi connectivity index (χ1n) is 4.28. The fraction of sp³-hybridized carbons (Fsp3) is 0.300.